The van der Waals surface area contributed by atoms with Crippen molar-refractivity contribution in [3.63, 3.8) is 0 Å². The molecule has 6 N–H and O–H groups in total. The molecule has 10 heteroatoms. The van der Waals surface area contributed by atoms with Crippen molar-refractivity contribution in [2.75, 3.05) is 39.5 Å². The minimum atomic E-state index is -0.472. The van der Waals surface area contributed by atoms with Crippen LogP contribution in [0.2, 0.25) is 0 Å². The van der Waals surface area contributed by atoms with Gasteiger partial charge >= 0.3 is 35.3 Å². The topological polar surface area (TPSA) is 110 Å². The molecular weight excluding hydrogens is 608 g/mol. The SMILES string of the molecule is Cc1cc(OCCN2CCOCC2)nn1-c1ccc2ccccc2c1.N.N.[Cl][Pt][Cl]. The molecule has 2 heterocycles. The Morgan fingerprint density at radius 1 is 1.03 bits per heavy atom. The first-order chi connectivity index (χ1) is 13.7. The molecule has 3 aromatic rings. The van der Waals surface area contributed by atoms with Crippen LogP contribution in [0.3, 0.4) is 0 Å². The maximum absolute atomic E-state index is 5.86. The number of hydrogen-bond acceptors (Lipinski definition) is 6. The zero-order valence-corrected chi connectivity index (χ0v) is 20.8. The second-order valence-electron chi connectivity index (χ2n) is 6.41. The molecule has 1 fully saturated rings. The molecule has 2 aromatic carbocycles. The third-order valence-electron chi connectivity index (χ3n) is 4.60. The zero-order valence-electron chi connectivity index (χ0n) is 17.0. The van der Waals surface area contributed by atoms with E-state index in [4.69, 9.17) is 28.3 Å². The summed E-state index contributed by atoms with van der Waals surface area (Å²) in [6.07, 6.45) is 0. The summed E-state index contributed by atoms with van der Waals surface area (Å²) in [5.41, 5.74) is 2.12. The number of rotatable bonds is 5. The van der Waals surface area contributed by atoms with Gasteiger partial charge in [-0.3, -0.25) is 4.90 Å². The minimum absolute atomic E-state index is 0. The van der Waals surface area contributed by atoms with Crippen molar-refractivity contribution >= 4 is 29.6 Å². The van der Waals surface area contributed by atoms with Crippen molar-refractivity contribution < 1.29 is 26.0 Å². The third-order valence-corrected chi connectivity index (χ3v) is 4.60. The van der Waals surface area contributed by atoms with Gasteiger partial charge in [0.2, 0.25) is 5.88 Å². The number of morpholine rings is 1. The average Bonchev–Trinajstić information content (AvgIpc) is 3.09. The van der Waals surface area contributed by atoms with Gasteiger partial charge < -0.3 is 21.8 Å². The first-order valence-corrected chi connectivity index (χ1v) is 14.7. The molecule has 0 spiro atoms. The van der Waals surface area contributed by atoms with Crippen LogP contribution in [0.15, 0.2) is 48.5 Å². The Hall–Kier alpha value is -1.18. The molecule has 1 aromatic heterocycles. The van der Waals surface area contributed by atoms with Crippen LogP contribution in [-0.4, -0.2) is 54.1 Å². The number of nitrogens with zero attached hydrogens (tertiary/aromatic N) is 3. The summed E-state index contributed by atoms with van der Waals surface area (Å²) < 4.78 is 13.2. The van der Waals surface area contributed by atoms with Crippen LogP contribution in [0, 0.1) is 6.92 Å². The normalized spacial score (nSPS) is 13.7. The summed E-state index contributed by atoms with van der Waals surface area (Å²) in [4.78, 5) is 2.36. The number of aryl methyl sites for hydroxylation is 1. The molecule has 0 atom stereocenters. The first-order valence-electron chi connectivity index (χ1n) is 9.02. The van der Waals surface area contributed by atoms with Crippen molar-refractivity contribution in [3.05, 3.63) is 54.2 Å². The van der Waals surface area contributed by atoms with E-state index in [9.17, 15) is 0 Å². The summed E-state index contributed by atoms with van der Waals surface area (Å²) in [5.74, 6) is 0.680. The molecule has 0 bridgehead atoms. The Balaban J connectivity index is 0.000000851. The van der Waals surface area contributed by atoms with E-state index in [1.54, 1.807) is 0 Å². The Labute approximate surface area is 194 Å². The van der Waals surface area contributed by atoms with E-state index in [0.717, 1.165) is 44.2 Å². The molecule has 0 radical (unpaired) electrons. The predicted molar refractivity (Wildman–Crippen MR) is 120 cm³/mol. The van der Waals surface area contributed by atoms with E-state index in [-0.39, 0.29) is 12.3 Å². The van der Waals surface area contributed by atoms with E-state index < -0.39 is 16.5 Å². The monoisotopic (exact) mass is 636 g/mol. The zero-order chi connectivity index (χ0) is 19.8. The first kappa shape index (κ1) is 26.9. The molecule has 4 rings (SSSR count). The van der Waals surface area contributed by atoms with Gasteiger partial charge in [-0.1, -0.05) is 30.3 Å². The fourth-order valence-corrected chi connectivity index (χ4v) is 3.19. The molecule has 170 valence electrons. The van der Waals surface area contributed by atoms with Crippen molar-refractivity contribution in [3.8, 4) is 11.6 Å². The molecule has 1 saturated heterocycles. The van der Waals surface area contributed by atoms with E-state index in [0.29, 0.717) is 12.5 Å². The summed E-state index contributed by atoms with van der Waals surface area (Å²) in [7, 11) is 9.75. The number of ether oxygens (including phenoxy) is 2. The van der Waals surface area contributed by atoms with E-state index >= 15 is 0 Å². The summed E-state index contributed by atoms with van der Waals surface area (Å²) in [6, 6.07) is 16.7. The molecule has 1 aliphatic heterocycles. The van der Waals surface area contributed by atoms with Crippen LogP contribution in [0.4, 0.5) is 0 Å². The Bertz CT molecular complexity index is 891. The van der Waals surface area contributed by atoms with E-state index in [1.807, 2.05) is 10.7 Å². The summed E-state index contributed by atoms with van der Waals surface area (Å²) in [5, 5.41) is 7.07. The summed E-state index contributed by atoms with van der Waals surface area (Å²) in [6.45, 7) is 7.20. The van der Waals surface area contributed by atoms with Crippen LogP contribution >= 0.6 is 18.8 Å². The fraction of sp³-hybridized carbons (Fsp3) is 0.350. The predicted octanol–water partition coefficient (Wildman–Crippen LogP) is 4.75. The number of fused-ring (bicyclic) bond motifs is 1. The van der Waals surface area contributed by atoms with Gasteiger partial charge in [-0.05, 0) is 29.8 Å². The molecule has 0 unspecified atom stereocenters. The van der Waals surface area contributed by atoms with Gasteiger partial charge in [0.1, 0.15) is 6.61 Å². The van der Waals surface area contributed by atoms with Gasteiger partial charge in [0.25, 0.3) is 0 Å². The second-order valence-corrected chi connectivity index (χ2v) is 9.70. The molecule has 1 aliphatic rings. The van der Waals surface area contributed by atoms with E-state index in [2.05, 4.69) is 59.4 Å². The molecule has 0 saturated carbocycles. The van der Waals surface area contributed by atoms with Crippen molar-refractivity contribution in [1.82, 2.24) is 27.0 Å². The van der Waals surface area contributed by atoms with Gasteiger partial charge in [-0.2, -0.15) is 0 Å². The van der Waals surface area contributed by atoms with Gasteiger partial charge in [0, 0.05) is 31.4 Å². The van der Waals surface area contributed by atoms with Crippen LogP contribution in [0.5, 0.6) is 5.88 Å². The van der Waals surface area contributed by atoms with Crippen LogP contribution in [0.1, 0.15) is 5.69 Å². The Morgan fingerprint density at radius 3 is 2.40 bits per heavy atom. The third kappa shape index (κ3) is 7.50. The van der Waals surface area contributed by atoms with Gasteiger partial charge in [0.15, 0.2) is 0 Å². The Morgan fingerprint density at radius 2 is 1.70 bits per heavy atom. The van der Waals surface area contributed by atoms with Crippen LogP contribution in [-0.2, 0) is 21.2 Å². The Kier molecular flexibility index (Phi) is 12.5. The molecule has 0 amide bonds. The number of benzene rings is 2. The van der Waals surface area contributed by atoms with Crippen molar-refractivity contribution in [2.45, 2.75) is 6.92 Å². The molecule has 30 heavy (non-hydrogen) atoms. The fourth-order valence-electron chi connectivity index (χ4n) is 3.19. The van der Waals surface area contributed by atoms with Crippen LogP contribution in [0.25, 0.3) is 16.5 Å². The van der Waals surface area contributed by atoms with E-state index in [1.165, 1.54) is 10.8 Å². The van der Waals surface area contributed by atoms with Crippen LogP contribution < -0.4 is 17.0 Å². The average molecular weight is 637 g/mol. The summed E-state index contributed by atoms with van der Waals surface area (Å²) >= 11 is -0.472. The number of hydrogen-bond donors (Lipinski definition) is 2. The van der Waals surface area contributed by atoms with Gasteiger partial charge in [-0.25, -0.2) is 4.68 Å². The van der Waals surface area contributed by atoms with Gasteiger partial charge in [0.05, 0.1) is 18.9 Å². The molecule has 0 aliphatic carbocycles. The van der Waals surface area contributed by atoms with Gasteiger partial charge in [-0.15, -0.1) is 5.10 Å². The maximum atomic E-state index is 5.86. The standard InChI is InChI=1S/C20H23N3O2.2ClH.2H3N.Pt/c1-16-14-20(25-13-10-22-8-11-24-12-9-22)21-23(16)19-7-6-17-4-2-3-5-18(17)15-19;;;;;/h2-7,14-15H,8-13H2,1H3;2*1H;2*1H3;/q;;;;;+2/p-2. The second kappa shape index (κ2) is 14.0. The quantitative estimate of drug-likeness (QED) is 0.419. The van der Waals surface area contributed by atoms with Crippen molar-refractivity contribution in [1.29, 1.82) is 0 Å². The molecular formula is C20H29Cl2N5O2Pt. The van der Waals surface area contributed by atoms with Crippen molar-refractivity contribution in [2.24, 2.45) is 0 Å². The number of aromatic nitrogens is 2. The number of halogens is 2. The molecule has 7 nitrogen and oxygen atoms in total.